The zero-order chi connectivity index (χ0) is 12.3. The molecule has 0 amide bonds. The molecular formula is C12H13ClN2O2. The van der Waals surface area contributed by atoms with Gasteiger partial charge in [0.2, 0.25) is 0 Å². The minimum Gasteiger partial charge on any atom is -0.494 e. The van der Waals surface area contributed by atoms with Crippen molar-refractivity contribution in [3.8, 4) is 17.1 Å². The molecule has 0 unspecified atom stereocenters. The van der Waals surface area contributed by atoms with Crippen LogP contribution in [0.3, 0.4) is 0 Å². The van der Waals surface area contributed by atoms with Gasteiger partial charge in [-0.1, -0.05) is 35.8 Å². The van der Waals surface area contributed by atoms with Crippen LogP contribution in [-0.4, -0.2) is 11.8 Å². The summed E-state index contributed by atoms with van der Waals surface area (Å²) >= 11 is 5.98. The van der Waals surface area contributed by atoms with E-state index in [-0.39, 0.29) is 5.82 Å². The van der Waals surface area contributed by atoms with Gasteiger partial charge in [-0.25, -0.2) is 0 Å². The number of nitrogen functional groups attached to an aromatic ring is 1. The van der Waals surface area contributed by atoms with Gasteiger partial charge in [0.05, 0.1) is 6.61 Å². The van der Waals surface area contributed by atoms with Crippen molar-refractivity contribution in [1.29, 1.82) is 0 Å². The van der Waals surface area contributed by atoms with E-state index in [9.17, 15) is 0 Å². The third-order valence-corrected chi connectivity index (χ3v) is 2.59. The summed E-state index contributed by atoms with van der Waals surface area (Å²) < 4.78 is 10.6. The van der Waals surface area contributed by atoms with Crippen LogP contribution in [0.2, 0.25) is 5.02 Å². The molecule has 90 valence electrons. The molecule has 0 saturated carbocycles. The predicted octanol–water partition coefficient (Wildman–Crippen LogP) is 3.37. The molecule has 0 bridgehead atoms. The first-order valence-corrected chi connectivity index (χ1v) is 5.74. The summed E-state index contributed by atoms with van der Waals surface area (Å²) in [4.78, 5) is 0. The van der Waals surface area contributed by atoms with Gasteiger partial charge < -0.3 is 15.0 Å². The van der Waals surface area contributed by atoms with Gasteiger partial charge in [-0.3, -0.25) is 0 Å². The Morgan fingerprint density at radius 2 is 2.29 bits per heavy atom. The SMILES string of the molecule is CCCOc1cccc(-c2onc(N)c2Cl)c1. The van der Waals surface area contributed by atoms with Crippen LogP contribution in [0.1, 0.15) is 13.3 Å². The standard InChI is InChI=1S/C12H13ClN2O2/c1-2-6-16-9-5-3-4-8(7-9)11-10(13)12(14)15-17-11/h3-5,7H,2,6H2,1H3,(H2,14,15). The number of nitrogens with zero attached hydrogens (tertiary/aromatic N) is 1. The van der Waals surface area contributed by atoms with Crippen LogP contribution in [0.15, 0.2) is 28.8 Å². The lowest BCUT2D eigenvalue weighted by Gasteiger charge is -2.05. The Labute approximate surface area is 104 Å². The molecule has 0 spiro atoms. The van der Waals surface area contributed by atoms with E-state index in [0.717, 1.165) is 17.7 Å². The van der Waals surface area contributed by atoms with Crippen molar-refractivity contribution in [3.63, 3.8) is 0 Å². The molecule has 17 heavy (non-hydrogen) atoms. The minimum absolute atomic E-state index is 0.196. The summed E-state index contributed by atoms with van der Waals surface area (Å²) in [5.41, 5.74) is 6.33. The van der Waals surface area contributed by atoms with Crippen LogP contribution in [0.4, 0.5) is 5.82 Å². The molecule has 0 saturated heterocycles. The van der Waals surface area contributed by atoms with Crippen LogP contribution in [0.5, 0.6) is 5.75 Å². The zero-order valence-electron chi connectivity index (χ0n) is 9.44. The van der Waals surface area contributed by atoms with Crippen molar-refractivity contribution in [2.45, 2.75) is 13.3 Å². The maximum atomic E-state index is 5.98. The van der Waals surface area contributed by atoms with Gasteiger partial charge in [0.25, 0.3) is 0 Å². The highest BCUT2D eigenvalue weighted by atomic mass is 35.5. The second kappa shape index (κ2) is 5.10. The molecule has 1 aromatic heterocycles. The molecule has 0 aliphatic carbocycles. The number of benzene rings is 1. The summed E-state index contributed by atoms with van der Waals surface area (Å²) in [5.74, 6) is 1.43. The first-order valence-electron chi connectivity index (χ1n) is 5.36. The molecule has 0 aliphatic heterocycles. The van der Waals surface area contributed by atoms with E-state index in [4.69, 9.17) is 26.6 Å². The molecule has 0 aliphatic rings. The van der Waals surface area contributed by atoms with E-state index >= 15 is 0 Å². The van der Waals surface area contributed by atoms with Gasteiger partial charge in [0, 0.05) is 5.56 Å². The highest BCUT2D eigenvalue weighted by molar-refractivity contribution is 6.35. The number of anilines is 1. The second-order valence-electron chi connectivity index (χ2n) is 3.59. The highest BCUT2D eigenvalue weighted by Gasteiger charge is 2.13. The van der Waals surface area contributed by atoms with Crippen molar-refractivity contribution in [3.05, 3.63) is 29.3 Å². The van der Waals surface area contributed by atoms with Gasteiger partial charge in [-0.05, 0) is 18.6 Å². The molecule has 4 nitrogen and oxygen atoms in total. The Hall–Kier alpha value is -1.68. The number of hydrogen-bond donors (Lipinski definition) is 1. The summed E-state index contributed by atoms with van der Waals surface area (Å²) in [6, 6.07) is 7.47. The van der Waals surface area contributed by atoms with Gasteiger partial charge in [0.1, 0.15) is 10.8 Å². The van der Waals surface area contributed by atoms with Gasteiger partial charge in [-0.2, -0.15) is 0 Å². The number of nitrogens with two attached hydrogens (primary N) is 1. The van der Waals surface area contributed by atoms with Crippen molar-refractivity contribution >= 4 is 17.4 Å². The van der Waals surface area contributed by atoms with Crippen LogP contribution in [0.25, 0.3) is 11.3 Å². The Balaban J connectivity index is 2.30. The van der Waals surface area contributed by atoms with Crippen molar-refractivity contribution in [1.82, 2.24) is 5.16 Å². The van der Waals surface area contributed by atoms with E-state index < -0.39 is 0 Å². The van der Waals surface area contributed by atoms with Gasteiger partial charge >= 0.3 is 0 Å². The molecule has 0 fully saturated rings. The summed E-state index contributed by atoms with van der Waals surface area (Å²) in [6.45, 7) is 2.73. The normalized spacial score (nSPS) is 10.5. The third-order valence-electron chi connectivity index (χ3n) is 2.23. The Morgan fingerprint density at radius 3 is 2.94 bits per heavy atom. The lowest BCUT2D eigenvalue weighted by atomic mass is 10.1. The lowest BCUT2D eigenvalue weighted by Crippen LogP contribution is -1.94. The Bertz CT molecular complexity index is 511. The highest BCUT2D eigenvalue weighted by Crippen LogP contribution is 2.33. The molecule has 2 rings (SSSR count). The van der Waals surface area contributed by atoms with E-state index in [2.05, 4.69) is 12.1 Å². The maximum Gasteiger partial charge on any atom is 0.187 e. The zero-order valence-corrected chi connectivity index (χ0v) is 10.2. The molecule has 1 heterocycles. The van der Waals surface area contributed by atoms with Crippen molar-refractivity contribution in [2.24, 2.45) is 0 Å². The lowest BCUT2D eigenvalue weighted by molar-refractivity contribution is 0.317. The van der Waals surface area contributed by atoms with Crippen molar-refractivity contribution < 1.29 is 9.26 Å². The van der Waals surface area contributed by atoms with Crippen LogP contribution < -0.4 is 10.5 Å². The summed E-state index contributed by atoms with van der Waals surface area (Å²) in [7, 11) is 0. The average Bonchev–Trinajstić information content (AvgIpc) is 2.68. The number of rotatable bonds is 4. The maximum absolute atomic E-state index is 5.98. The number of aromatic nitrogens is 1. The molecule has 5 heteroatoms. The first-order chi connectivity index (χ1) is 8.22. The van der Waals surface area contributed by atoms with E-state index in [1.807, 2.05) is 24.3 Å². The quantitative estimate of drug-likeness (QED) is 0.906. The fourth-order valence-corrected chi connectivity index (χ4v) is 1.60. The van der Waals surface area contributed by atoms with Gasteiger partial charge in [-0.15, -0.1) is 0 Å². The predicted molar refractivity (Wildman–Crippen MR) is 67.1 cm³/mol. The topological polar surface area (TPSA) is 61.3 Å². The molecule has 0 atom stereocenters. The van der Waals surface area contributed by atoms with E-state index in [0.29, 0.717) is 17.4 Å². The molecule has 1 aromatic carbocycles. The molecule has 0 radical (unpaired) electrons. The van der Waals surface area contributed by atoms with E-state index in [1.165, 1.54) is 0 Å². The van der Waals surface area contributed by atoms with Crippen LogP contribution >= 0.6 is 11.6 Å². The second-order valence-corrected chi connectivity index (χ2v) is 3.97. The fraction of sp³-hybridized carbons (Fsp3) is 0.250. The summed E-state index contributed by atoms with van der Waals surface area (Å²) in [6.07, 6.45) is 0.959. The molecule has 2 N–H and O–H groups in total. The fourth-order valence-electron chi connectivity index (χ4n) is 1.42. The summed E-state index contributed by atoms with van der Waals surface area (Å²) in [5, 5.41) is 3.95. The average molecular weight is 253 g/mol. The monoisotopic (exact) mass is 252 g/mol. The number of halogens is 1. The Morgan fingerprint density at radius 1 is 1.47 bits per heavy atom. The third kappa shape index (κ3) is 2.53. The molecular weight excluding hydrogens is 240 g/mol. The van der Waals surface area contributed by atoms with Gasteiger partial charge in [0.15, 0.2) is 11.6 Å². The smallest absolute Gasteiger partial charge is 0.187 e. The van der Waals surface area contributed by atoms with E-state index in [1.54, 1.807) is 0 Å². The van der Waals surface area contributed by atoms with Crippen LogP contribution in [0, 0.1) is 0 Å². The number of ether oxygens (including phenoxy) is 1. The first kappa shape index (κ1) is 11.8. The van der Waals surface area contributed by atoms with Crippen molar-refractivity contribution in [2.75, 3.05) is 12.3 Å². The molecule has 2 aromatic rings. The Kier molecular flexibility index (Phi) is 3.54. The number of hydrogen-bond acceptors (Lipinski definition) is 4. The minimum atomic E-state index is 0.196. The van der Waals surface area contributed by atoms with Crippen LogP contribution in [-0.2, 0) is 0 Å². The largest absolute Gasteiger partial charge is 0.494 e.